The summed E-state index contributed by atoms with van der Waals surface area (Å²) >= 11 is 0. The molecule has 0 atom stereocenters. The van der Waals surface area contributed by atoms with Crippen molar-refractivity contribution in [3.05, 3.63) is 34.6 Å². The fraction of sp³-hybridized carbons (Fsp3) is 0.143. The topological polar surface area (TPSA) is 0 Å². The first-order valence-corrected chi connectivity index (χ1v) is 3.75. The van der Waals surface area contributed by atoms with Crippen LogP contribution in [0.15, 0.2) is 0 Å². The molecule has 0 aromatic heterocycles. The van der Waals surface area contributed by atoms with Crippen molar-refractivity contribution in [3.8, 4) is 0 Å². The monoisotopic (exact) mass is 212 g/mol. The maximum atomic E-state index is 12.6. The van der Waals surface area contributed by atoms with Gasteiger partial charge in [0.2, 0.25) is 5.82 Å². The van der Waals surface area contributed by atoms with Gasteiger partial charge in [0.15, 0.2) is 23.3 Å². The molecule has 1 aromatic carbocycles. The van der Waals surface area contributed by atoms with E-state index in [4.69, 9.17) is 0 Å². The Labute approximate surface area is 73.0 Å². The lowest BCUT2D eigenvalue weighted by Gasteiger charge is -2.04. The molecule has 0 nitrogen and oxygen atoms in total. The molecule has 0 aliphatic carbocycles. The standard InChI is InChI=1S/C7H2F5P/c8-3-2(1-13)4(9)6(11)7(12)5(3)10/h1H2. The van der Waals surface area contributed by atoms with Crippen LogP contribution in [0, 0.1) is 29.1 Å². The van der Waals surface area contributed by atoms with Crippen LogP contribution in [0.2, 0.25) is 0 Å². The predicted molar refractivity (Wildman–Crippen MR) is 36.9 cm³/mol. The molecule has 0 spiro atoms. The highest BCUT2D eigenvalue weighted by Gasteiger charge is 2.24. The van der Waals surface area contributed by atoms with Gasteiger partial charge in [-0.15, -0.1) is 0 Å². The molecular weight excluding hydrogens is 210 g/mol. The van der Waals surface area contributed by atoms with Crippen molar-refractivity contribution in [3.63, 3.8) is 0 Å². The Hall–Kier alpha value is -0.700. The van der Waals surface area contributed by atoms with Crippen LogP contribution < -0.4 is 0 Å². The van der Waals surface area contributed by atoms with Crippen molar-refractivity contribution in [2.24, 2.45) is 0 Å². The van der Waals surface area contributed by atoms with E-state index < -0.39 is 40.8 Å². The van der Waals surface area contributed by atoms with E-state index in [0.29, 0.717) is 0 Å². The number of benzene rings is 1. The second kappa shape index (κ2) is 3.58. The molecule has 6 heteroatoms. The molecule has 13 heavy (non-hydrogen) atoms. The van der Waals surface area contributed by atoms with E-state index in [0.717, 1.165) is 0 Å². The van der Waals surface area contributed by atoms with Crippen molar-refractivity contribution < 1.29 is 22.0 Å². The van der Waals surface area contributed by atoms with Gasteiger partial charge >= 0.3 is 0 Å². The predicted octanol–water partition coefficient (Wildman–Crippen LogP) is 3.29. The lowest BCUT2D eigenvalue weighted by molar-refractivity contribution is 0.372. The van der Waals surface area contributed by atoms with Crippen LogP contribution in [0.4, 0.5) is 22.0 Å². The first kappa shape index (κ1) is 10.4. The van der Waals surface area contributed by atoms with Gasteiger partial charge in [0, 0.05) is 11.7 Å². The summed E-state index contributed by atoms with van der Waals surface area (Å²) < 4.78 is 62.4. The molecule has 1 rings (SSSR count). The Bertz CT molecular complexity index is 320. The summed E-state index contributed by atoms with van der Waals surface area (Å²) in [6.45, 7) is 0. The van der Waals surface area contributed by atoms with Crippen LogP contribution in [0.3, 0.4) is 0 Å². The number of halogens is 5. The Balaban J connectivity index is 3.56. The first-order valence-electron chi connectivity index (χ1n) is 3.11. The highest BCUT2D eigenvalue weighted by Crippen LogP contribution is 2.24. The summed E-state index contributed by atoms with van der Waals surface area (Å²) in [7, 11) is 3.44. The lowest BCUT2D eigenvalue weighted by Crippen LogP contribution is -2.05. The third kappa shape index (κ3) is 1.53. The van der Waals surface area contributed by atoms with E-state index in [1.54, 1.807) is 0 Å². The molecule has 70 valence electrons. The van der Waals surface area contributed by atoms with Crippen LogP contribution in [0.1, 0.15) is 5.56 Å². The van der Waals surface area contributed by atoms with Crippen LogP contribution in [0.25, 0.3) is 0 Å². The maximum absolute atomic E-state index is 12.6. The summed E-state index contributed by atoms with van der Waals surface area (Å²) in [5.41, 5.74) is -0.917. The summed E-state index contributed by atoms with van der Waals surface area (Å²) in [4.78, 5) is 0. The fourth-order valence-corrected chi connectivity index (χ4v) is 1.07. The van der Waals surface area contributed by atoms with Gasteiger partial charge in [-0.25, -0.2) is 22.0 Å². The van der Waals surface area contributed by atoms with E-state index in [2.05, 4.69) is 9.24 Å². The zero-order valence-electron chi connectivity index (χ0n) is 6.04. The molecule has 0 unspecified atom stereocenters. The third-order valence-corrected chi connectivity index (χ3v) is 1.78. The van der Waals surface area contributed by atoms with Gasteiger partial charge < -0.3 is 0 Å². The lowest BCUT2D eigenvalue weighted by atomic mass is 10.2. The van der Waals surface area contributed by atoms with E-state index in [-0.39, 0.29) is 0 Å². The van der Waals surface area contributed by atoms with Crippen LogP contribution in [0.5, 0.6) is 0 Å². The molecule has 0 heterocycles. The van der Waals surface area contributed by atoms with Gasteiger partial charge in [0.05, 0.1) is 0 Å². The average molecular weight is 212 g/mol. The summed E-state index contributed by atoms with van der Waals surface area (Å²) in [5.74, 6) is -9.69. The molecule has 0 saturated carbocycles. The number of hydrogen-bond donors (Lipinski definition) is 0. The Kier molecular flexibility index (Phi) is 2.86. The second-order valence-electron chi connectivity index (χ2n) is 2.21. The minimum atomic E-state index is -2.15. The van der Waals surface area contributed by atoms with E-state index in [1.807, 2.05) is 0 Å². The van der Waals surface area contributed by atoms with Crippen LogP contribution in [-0.4, -0.2) is 0 Å². The number of hydrogen-bond acceptors (Lipinski definition) is 0. The van der Waals surface area contributed by atoms with Crippen molar-refractivity contribution in [1.29, 1.82) is 0 Å². The maximum Gasteiger partial charge on any atom is 0.200 e. The average Bonchev–Trinajstić information content (AvgIpc) is 2.13. The zero-order valence-corrected chi connectivity index (χ0v) is 6.94. The summed E-state index contributed by atoms with van der Waals surface area (Å²) in [5, 5.41) is 0. The molecule has 0 aliphatic heterocycles. The minimum Gasteiger partial charge on any atom is -0.203 e. The Morgan fingerprint density at radius 2 is 1.00 bits per heavy atom. The molecule has 0 N–H and O–H groups in total. The first-order chi connectivity index (χ1) is 6.00. The normalized spacial score (nSPS) is 10.6. The molecule has 0 fully saturated rings. The summed E-state index contributed by atoms with van der Waals surface area (Å²) in [6.07, 6.45) is -0.550. The zero-order chi connectivity index (χ0) is 10.2. The van der Waals surface area contributed by atoms with Gasteiger partial charge in [0.25, 0.3) is 0 Å². The smallest absolute Gasteiger partial charge is 0.200 e. The summed E-state index contributed by atoms with van der Waals surface area (Å²) in [6, 6.07) is 0. The molecule has 0 bridgehead atoms. The highest BCUT2D eigenvalue weighted by atomic mass is 31.0. The van der Waals surface area contributed by atoms with Gasteiger partial charge in [-0.05, 0) is 9.24 Å². The quantitative estimate of drug-likeness (QED) is 0.290. The molecular formula is C7H2F5P. The van der Waals surface area contributed by atoms with Crippen molar-refractivity contribution >= 4 is 9.24 Å². The van der Waals surface area contributed by atoms with Gasteiger partial charge in [0.1, 0.15) is 0 Å². The molecule has 0 aliphatic rings. The highest BCUT2D eigenvalue weighted by molar-refractivity contribution is 7.15. The van der Waals surface area contributed by atoms with Crippen molar-refractivity contribution in [2.75, 3.05) is 0 Å². The Morgan fingerprint density at radius 1 is 0.692 bits per heavy atom. The minimum absolute atomic E-state index is 0.550. The van der Waals surface area contributed by atoms with E-state index in [9.17, 15) is 22.0 Å². The van der Waals surface area contributed by atoms with Gasteiger partial charge in [-0.1, -0.05) is 0 Å². The van der Waals surface area contributed by atoms with Crippen LogP contribution >= 0.6 is 9.24 Å². The van der Waals surface area contributed by atoms with Gasteiger partial charge in [-0.3, -0.25) is 0 Å². The molecule has 0 saturated heterocycles. The Morgan fingerprint density at radius 3 is 1.31 bits per heavy atom. The van der Waals surface area contributed by atoms with E-state index >= 15 is 0 Å². The second-order valence-corrected chi connectivity index (χ2v) is 2.52. The SMILES string of the molecule is Fc1c(F)c(F)c(C[P])c(F)c1F. The van der Waals surface area contributed by atoms with Crippen LogP contribution in [-0.2, 0) is 6.16 Å². The van der Waals surface area contributed by atoms with Crippen molar-refractivity contribution in [1.82, 2.24) is 0 Å². The number of rotatable bonds is 1. The van der Waals surface area contributed by atoms with E-state index in [1.165, 1.54) is 0 Å². The molecule has 2 radical (unpaired) electrons. The molecule has 0 amide bonds. The third-order valence-electron chi connectivity index (χ3n) is 1.46. The molecule has 1 aromatic rings. The van der Waals surface area contributed by atoms with Gasteiger partial charge in [-0.2, -0.15) is 0 Å². The van der Waals surface area contributed by atoms with Crippen molar-refractivity contribution in [2.45, 2.75) is 6.16 Å². The fourth-order valence-electron chi connectivity index (χ4n) is 0.789. The largest absolute Gasteiger partial charge is 0.203 e.